The normalized spacial score (nSPS) is 19.1. The molecule has 1 aliphatic rings. The summed E-state index contributed by atoms with van der Waals surface area (Å²) < 4.78 is 10.4. The smallest absolute Gasteiger partial charge is 0.322 e. The van der Waals surface area contributed by atoms with E-state index in [0.717, 1.165) is 0 Å². The minimum Gasteiger partial charge on any atom is -0.497 e. The summed E-state index contributed by atoms with van der Waals surface area (Å²) in [5.41, 5.74) is 0.677. The molecule has 0 saturated carbocycles. The third kappa shape index (κ3) is 3.59. The molecule has 0 radical (unpaired) electrons. The lowest BCUT2D eigenvalue weighted by molar-refractivity contribution is -0.0388. The van der Waals surface area contributed by atoms with Crippen molar-refractivity contribution in [2.75, 3.05) is 38.7 Å². The molecule has 0 aromatic heterocycles. The topological polar surface area (TPSA) is 71.0 Å². The molecule has 6 heteroatoms. The Morgan fingerprint density at radius 3 is 3.21 bits per heavy atom. The van der Waals surface area contributed by atoms with E-state index in [9.17, 15) is 4.79 Å². The molecule has 2 rings (SSSR count). The van der Waals surface area contributed by atoms with Gasteiger partial charge in [0.25, 0.3) is 0 Å². The summed E-state index contributed by atoms with van der Waals surface area (Å²) in [5.74, 6) is 0.688. The van der Waals surface area contributed by atoms with E-state index < -0.39 is 0 Å². The first-order chi connectivity index (χ1) is 9.22. The van der Waals surface area contributed by atoms with Gasteiger partial charge in [-0.2, -0.15) is 0 Å². The maximum atomic E-state index is 12.1. The number of morpholine rings is 1. The van der Waals surface area contributed by atoms with Gasteiger partial charge in [0, 0.05) is 18.3 Å². The van der Waals surface area contributed by atoms with Gasteiger partial charge in [0.2, 0.25) is 0 Å². The minimum absolute atomic E-state index is 0.0804. The number of ether oxygens (including phenoxy) is 2. The van der Waals surface area contributed by atoms with Gasteiger partial charge in [0.1, 0.15) is 5.75 Å². The van der Waals surface area contributed by atoms with E-state index in [1.165, 1.54) is 0 Å². The van der Waals surface area contributed by atoms with Gasteiger partial charge in [0.15, 0.2) is 0 Å². The molecule has 1 unspecified atom stereocenters. The number of urea groups is 1. The second kappa shape index (κ2) is 6.40. The molecule has 104 valence electrons. The number of hydrogen-bond acceptors (Lipinski definition) is 4. The number of amides is 2. The SMILES string of the molecule is COc1cccc(NC(=O)N2CCOC(CO)C2)c1. The number of aliphatic hydroxyl groups is 1. The Hall–Kier alpha value is -1.79. The van der Waals surface area contributed by atoms with E-state index in [-0.39, 0.29) is 18.7 Å². The summed E-state index contributed by atoms with van der Waals surface area (Å²) in [6.45, 7) is 1.28. The molecular weight excluding hydrogens is 248 g/mol. The second-order valence-electron chi connectivity index (χ2n) is 4.28. The molecular formula is C13H18N2O4. The van der Waals surface area contributed by atoms with Crippen molar-refractivity contribution in [1.82, 2.24) is 4.90 Å². The van der Waals surface area contributed by atoms with Crippen molar-refractivity contribution in [2.24, 2.45) is 0 Å². The van der Waals surface area contributed by atoms with Gasteiger partial charge in [-0.3, -0.25) is 0 Å². The number of nitrogens with one attached hydrogen (secondary N) is 1. The fourth-order valence-corrected chi connectivity index (χ4v) is 1.92. The summed E-state index contributed by atoms with van der Waals surface area (Å²) in [7, 11) is 1.58. The van der Waals surface area contributed by atoms with Crippen molar-refractivity contribution >= 4 is 11.7 Å². The Labute approximate surface area is 111 Å². The van der Waals surface area contributed by atoms with Crippen LogP contribution in [-0.2, 0) is 4.74 Å². The zero-order valence-corrected chi connectivity index (χ0v) is 10.8. The number of carbonyl (C=O) groups is 1. The van der Waals surface area contributed by atoms with Crippen molar-refractivity contribution in [1.29, 1.82) is 0 Å². The van der Waals surface area contributed by atoms with Gasteiger partial charge < -0.3 is 24.8 Å². The number of anilines is 1. The lowest BCUT2D eigenvalue weighted by atomic mass is 10.3. The molecule has 0 bridgehead atoms. The summed E-state index contributed by atoms with van der Waals surface area (Å²) in [5, 5.41) is 11.8. The summed E-state index contributed by atoms with van der Waals surface area (Å²) in [6, 6.07) is 6.97. The first kappa shape index (κ1) is 13.6. The van der Waals surface area contributed by atoms with E-state index in [2.05, 4.69) is 5.32 Å². The molecule has 1 aromatic rings. The Kier molecular flexibility index (Phi) is 4.59. The van der Waals surface area contributed by atoms with Crippen LogP contribution in [0, 0.1) is 0 Å². The van der Waals surface area contributed by atoms with E-state index >= 15 is 0 Å². The lowest BCUT2D eigenvalue weighted by Crippen LogP contribution is -2.48. The van der Waals surface area contributed by atoms with Crippen molar-refractivity contribution in [3.8, 4) is 5.75 Å². The number of hydrogen-bond donors (Lipinski definition) is 2. The van der Waals surface area contributed by atoms with Crippen LogP contribution in [-0.4, -0.2) is 55.6 Å². The van der Waals surface area contributed by atoms with E-state index in [0.29, 0.717) is 31.1 Å². The van der Waals surface area contributed by atoms with Crippen LogP contribution in [0.1, 0.15) is 0 Å². The Balaban J connectivity index is 1.96. The van der Waals surface area contributed by atoms with Crippen LogP contribution in [0.4, 0.5) is 10.5 Å². The van der Waals surface area contributed by atoms with Gasteiger partial charge in [-0.05, 0) is 12.1 Å². The van der Waals surface area contributed by atoms with Crippen LogP contribution in [0.5, 0.6) is 5.75 Å². The highest BCUT2D eigenvalue weighted by molar-refractivity contribution is 5.89. The Bertz CT molecular complexity index is 438. The molecule has 2 amide bonds. The molecule has 1 atom stereocenters. The monoisotopic (exact) mass is 266 g/mol. The van der Waals surface area contributed by atoms with Gasteiger partial charge in [-0.25, -0.2) is 4.79 Å². The number of methoxy groups -OCH3 is 1. The highest BCUT2D eigenvalue weighted by Gasteiger charge is 2.23. The Morgan fingerprint density at radius 2 is 2.47 bits per heavy atom. The molecule has 19 heavy (non-hydrogen) atoms. The Morgan fingerprint density at radius 1 is 1.63 bits per heavy atom. The van der Waals surface area contributed by atoms with E-state index in [4.69, 9.17) is 14.6 Å². The second-order valence-corrected chi connectivity index (χ2v) is 4.28. The van der Waals surface area contributed by atoms with Crippen LogP contribution in [0.2, 0.25) is 0 Å². The third-order valence-corrected chi connectivity index (χ3v) is 2.95. The highest BCUT2D eigenvalue weighted by atomic mass is 16.5. The molecule has 0 spiro atoms. The number of carbonyl (C=O) groups excluding carboxylic acids is 1. The van der Waals surface area contributed by atoms with Crippen molar-refractivity contribution in [3.05, 3.63) is 24.3 Å². The molecule has 1 aromatic carbocycles. The van der Waals surface area contributed by atoms with E-state index in [1.54, 1.807) is 24.1 Å². The maximum absolute atomic E-state index is 12.1. The first-order valence-electron chi connectivity index (χ1n) is 6.15. The van der Waals surface area contributed by atoms with Crippen LogP contribution in [0.15, 0.2) is 24.3 Å². The summed E-state index contributed by atoms with van der Waals surface area (Å²) >= 11 is 0. The molecule has 0 aliphatic carbocycles. The van der Waals surface area contributed by atoms with Gasteiger partial charge in [0.05, 0.1) is 33.0 Å². The summed E-state index contributed by atoms with van der Waals surface area (Å²) in [4.78, 5) is 13.7. The number of aliphatic hydroxyl groups excluding tert-OH is 1. The van der Waals surface area contributed by atoms with Gasteiger partial charge in [-0.1, -0.05) is 6.07 Å². The minimum atomic E-state index is -0.301. The van der Waals surface area contributed by atoms with Gasteiger partial charge in [-0.15, -0.1) is 0 Å². The highest BCUT2D eigenvalue weighted by Crippen LogP contribution is 2.17. The summed E-state index contributed by atoms with van der Waals surface area (Å²) in [6.07, 6.45) is -0.301. The van der Waals surface area contributed by atoms with E-state index in [1.807, 2.05) is 12.1 Å². The number of benzene rings is 1. The standard InChI is InChI=1S/C13H18N2O4/c1-18-11-4-2-3-10(7-11)14-13(17)15-5-6-19-12(8-15)9-16/h2-4,7,12,16H,5-6,8-9H2,1H3,(H,14,17). The average molecular weight is 266 g/mol. The molecule has 1 heterocycles. The fraction of sp³-hybridized carbons (Fsp3) is 0.462. The third-order valence-electron chi connectivity index (χ3n) is 2.95. The number of rotatable bonds is 3. The molecule has 2 N–H and O–H groups in total. The zero-order chi connectivity index (χ0) is 13.7. The van der Waals surface area contributed by atoms with Crippen LogP contribution in [0.3, 0.4) is 0 Å². The zero-order valence-electron chi connectivity index (χ0n) is 10.8. The predicted octanol–water partition coefficient (Wildman–Crippen LogP) is 0.920. The molecule has 1 aliphatic heterocycles. The van der Waals surface area contributed by atoms with Crippen LogP contribution < -0.4 is 10.1 Å². The largest absolute Gasteiger partial charge is 0.497 e. The predicted molar refractivity (Wildman–Crippen MR) is 70.4 cm³/mol. The van der Waals surface area contributed by atoms with Crippen LogP contribution >= 0.6 is 0 Å². The molecule has 6 nitrogen and oxygen atoms in total. The average Bonchev–Trinajstić information content (AvgIpc) is 2.47. The maximum Gasteiger partial charge on any atom is 0.322 e. The quantitative estimate of drug-likeness (QED) is 0.853. The van der Waals surface area contributed by atoms with Crippen molar-refractivity contribution < 1.29 is 19.4 Å². The number of nitrogens with zero attached hydrogens (tertiary/aromatic N) is 1. The fourth-order valence-electron chi connectivity index (χ4n) is 1.92. The van der Waals surface area contributed by atoms with Crippen molar-refractivity contribution in [2.45, 2.75) is 6.10 Å². The molecule has 1 fully saturated rings. The van der Waals surface area contributed by atoms with Gasteiger partial charge >= 0.3 is 6.03 Å². The lowest BCUT2D eigenvalue weighted by Gasteiger charge is -2.32. The first-order valence-corrected chi connectivity index (χ1v) is 6.15. The molecule has 1 saturated heterocycles. The van der Waals surface area contributed by atoms with Crippen molar-refractivity contribution in [3.63, 3.8) is 0 Å². The van der Waals surface area contributed by atoms with Crippen LogP contribution in [0.25, 0.3) is 0 Å².